The average molecular weight is 1070 g/mol. The number of nitrogens with zero attached hydrogens (tertiary/aromatic N) is 3. The number of H-pyrrole nitrogens is 1. The Morgan fingerprint density at radius 3 is 2.03 bits per heavy atom. The molecule has 0 aliphatic rings. The number of aromatic amines is 1. The number of unbranched alkanes of at least 4 members (excludes halogenated alkanes) is 1. The van der Waals surface area contributed by atoms with Crippen LogP contribution in [0.3, 0.4) is 0 Å². The number of amides is 6. The number of hydrogen-bond acceptors (Lipinski definition) is 16. The van der Waals surface area contributed by atoms with Gasteiger partial charge in [-0.2, -0.15) is 9.97 Å². The van der Waals surface area contributed by atoms with E-state index in [-0.39, 0.29) is 92.6 Å². The molecule has 0 aliphatic heterocycles. The molecule has 0 aliphatic carbocycles. The maximum atomic E-state index is 12.7. The lowest BCUT2D eigenvalue weighted by molar-refractivity contribution is -0.143. The highest BCUT2D eigenvalue weighted by atomic mass is 16.5. The maximum Gasteiger partial charge on any atom is 0.328 e. The number of aromatic nitrogens is 4. The number of rotatable bonds is 37. The summed E-state index contributed by atoms with van der Waals surface area (Å²) in [7, 11) is 0. The molecule has 0 bridgehead atoms. The van der Waals surface area contributed by atoms with Crippen LogP contribution in [0.25, 0.3) is 17.2 Å². The van der Waals surface area contributed by atoms with E-state index in [0.717, 1.165) is 18.4 Å². The van der Waals surface area contributed by atoms with E-state index in [2.05, 4.69) is 46.9 Å². The summed E-state index contributed by atoms with van der Waals surface area (Å²) in [5.74, 6) is -2.73. The Morgan fingerprint density at radius 1 is 0.714 bits per heavy atom. The van der Waals surface area contributed by atoms with Gasteiger partial charge in [-0.3, -0.25) is 38.1 Å². The Morgan fingerprint density at radius 2 is 1.36 bits per heavy atom. The highest BCUT2D eigenvalue weighted by Gasteiger charge is 2.24. The first kappa shape index (κ1) is 61.8. The van der Waals surface area contributed by atoms with Gasteiger partial charge in [0.15, 0.2) is 11.5 Å². The molecule has 24 nitrogen and oxygen atoms in total. The SMILES string of the molecule is CCCCOc1nc(N)c2[nH]c(=O)n(Cc3ccc(C(=O)NCCCOCCOCCOCCCNC(=O)CCC(=O)Nc4ccc(/C=C/C(=O)NCC(=O)N[C@H](C(=O)NCCCC(=O)OCC)C(C)C)cc4)cc3)c2n1. The summed E-state index contributed by atoms with van der Waals surface area (Å²) in [6.45, 7) is 11.3. The Balaban J connectivity index is 0.954. The normalized spacial score (nSPS) is 11.5. The average Bonchev–Trinajstić information content (AvgIpc) is 3.73. The highest BCUT2D eigenvalue weighted by molar-refractivity contribution is 5.96. The van der Waals surface area contributed by atoms with E-state index in [4.69, 9.17) is 29.4 Å². The first-order chi connectivity index (χ1) is 37.2. The fourth-order valence-electron chi connectivity index (χ4n) is 7.08. The van der Waals surface area contributed by atoms with Crippen LogP contribution in [0, 0.1) is 5.92 Å². The van der Waals surface area contributed by atoms with E-state index in [1.54, 1.807) is 69.3 Å². The molecule has 24 heteroatoms. The topological polar surface area (TPSA) is 327 Å². The van der Waals surface area contributed by atoms with E-state index < -0.39 is 23.8 Å². The molecule has 420 valence electrons. The number of nitrogens with two attached hydrogens (primary N) is 1. The molecule has 0 unspecified atom stereocenters. The van der Waals surface area contributed by atoms with Gasteiger partial charge in [0.05, 0.1) is 52.7 Å². The molecule has 2 aromatic carbocycles. The lowest BCUT2D eigenvalue weighted by atomic mass is 10.0. The van der Waals surface area contributed by atoms with Crippen LogP contribution in [0.5, 0.6) is 6.01 Å². The second kappa shape index (κ2) is 34.8. The molecule has 4 rings (SSSR count). The van der Waals surface area contributed by atoms with E-state index >= 15 is 0 Å². The summed E-state index contributed by atoms with van der Waals surface area (Å²) >= 11 is 0. The van der Waals surface area contributed by atoms with Gasteiger partial charge in [-0.05, 0) is 80.0 Å². The van der Waals surface area contributed by atoms with Crippen LogP contribution in [0.15, 0.2) is 59.4 Å². The summed E-state index contributed by atoms with van der Waals surface area (Å²) in [4.78, 5) is 110. The van der Waals surface area contributed by atoms with Crippen LogP contribution in [0.1, 0.15) is 101 Å². The quantitative estimate of drug-likeness (QED) is 0.0183. The van der Waals surface area contributed by atoms with E-state index in [9.17, 15) is 38.4 Å². The molecule has 0 saturated carbocycles. The molecule has 0 saturated heterocycles. The molecule has 4 aromatic rings. The summed E-state index contributed by atoms with van der Waals surface area (Å²) in [6.07, 6.45) is 6.32. The van der Waals surface area contributed by atoms with Crippen LogP contribution in [0.4, 0.5) is 11.5 Å². The number of esters is 1. The van der Waals surface area contributed by atoms with Gasteiger partial charge < -0.3 is 66.3 Å². The van der Waals surface area contributed by atoms with Crippen LogP contribution < -0.4 is 48.1 Å². The number of fused-ring (bicyclic) bond motifs is 1. The zero-order chi connectivity index (χ0) is 55.8. The number of benzene rings is 2. The smallest absolute Gasteiger partial charge is 0.328 e. The van der Waals surface area contributed by atoms with Gasteiger partial charge in [0.2, 0.25) is 29.5 Å². The van der Waals surface area contributed by atoms with Crippen LogP contribution in [-0.2, 0) is 54.3 Å². The van der Waals surface area contributed by atoms with Gasteiger partial charge in [-0.15, -0.1) is 0 Å². The van der Waals surface area contributed by atoms with Crippen molar-refractivity contribution in [2.45, 2.75) is 91.6 Å². The molecular formula is C53H75N11O13. The summed E-state index contributed by atoms with van der Waals surface area (Å²) < 4.78 is 28.6. The van der Waals surface area contributed by atoms with Crippen molar-refractivity contribution in [3.63, 3.8) is 0 Å². The van der Waals surface area contributed by atoms with Crippen molar-refractivity contribution in [2.75, 3.05) is 90.1 Å². The van der Waals surface area contributed by atoms with E-state index in [1.807, 2.05) is 6.92 Å². The van der Waals surface area contributed by atoms with Crippen molar-refractivity contribution in [3.8, 4) is 6.01 Å². The molecule has 77 heavy (non-hydrogen) atoms. The second-order valence-corrected chi connectivity index (χ2v) is 17.9. The summed E-state index contributed by atoms with van der Waals surface area (Å²) in [6, 6.07) is 12.9. The summed E-state index contributed by atoms with van der Waals surface area (Å²) in [5.41, 5.74) is 8.78. The van der Waals surface area contributed by atoms with Gasteiger partial charge in [0.25, 0.3) is 5.91 Å². The first-order valence-electron chi connectivity index (χ1n) is 26.0. The zero-order valence-corrected chi connectivity index (χ0v) is 44.5. The van der Waals surface area contributed by atoms with Crippen molar-refractivity contribution in [2.24, 2.45) is 5.92 Å². The minimum Gasteiger partial charge on any atom is -0.466 e. The number of carbonyl (C=O) groups excluding carboxylic acids is 7. The van der Waals surface area contributed by atoms with Crippen molar-refractivity contribution >= 4 is 70.2 Å². The Labute approximate surface area is 447 Å². The van der Waals surface area contributed by atoms with Crippen LogP contribution >= 0.6 is 0 Å². The molecule has 2 heterocycles. The fraction of sp³-hybridized carbons (Fsp3) is 0.509. The minimum atomic E-state index is -0.827. The molecule has 0 fully saturated rings. The van der Waals surface area contributed by atoms with E-state index in [1.165, 1.54) is 16.7 Å². The maximum absolute atomic E-state index is 12.7. The standard InChI is InChI=1S/C53H75N11O13/c1-5-7-29-77-52-62-48(54)47-49(63-52)64(53(72)61-47)35-38-12-17-39(18-13-38)50(70)56-26-10-28-74-31-33-75-32-30-73-27-9-25-55-41(65)22-23-43(67)59-40-19-14-37(15-20-40)16-21-42(66)58-34-44(68)60-46(36(3)4)51(71)57-24-8-11-45(69)76-6-2/h12-21,36,46H,5-11,22-35H2,1-4H3,(H,55,65)(H,56,70)(H,57,71)(H,58,66)(H,59,67)(H,60,68)(H,61,72)(H2,54,62,63)/b21-16+/t46-/m0/s1. The Bertz CT molecular complexity index is 2600. The van der Waals surface area contributed by atoms with Gasteiger partial charge in [0, 0.05) is 69.4 Å². The second-order valence-electron chi connectivity index (χ2n) is 17.9. The Hall–Kier alpha value is -7.70. The third kappa shape index (κ3) is 23.8. The zero-order valence-electron chi connectivity index (χ0n) is 44.5. The van der Waals surface area contributed by atoms with Crippen LogP contribution in [-0.4, -0.2) is 146 Å². The molecule has 0 radical (unpaired) electrons. The number of nitrogens with one attached hydrogen (secondary N) is 7. The molecule has 9 N–H and O–H groups in total. The molecule has 1 atom stereocenters. The van der Waals surface area contributed by atoms with Gasteiger partial charge in [-0.1, -0.05) is 51.5 Å². The number of ether oxygens (including phenoxy) is 5. The lowest BCUT2D eigenvalue weighted by Gasteiger charge is -2.21. The number of nitrogen functional groups attached to an aromatic ring is 1. The Kier molecular flexibility index (Phi) is 27.9. The first-order valence-corrected chi connectivity index (χ1v) is 26.0. The third-order valence-electron chi connectivity index (χ3n) is 11.3. The number of imidazole rings is 1. The minimum absolute atomic E-state index is 0.00912. The van der Waals surface area contributed by atoms with Gasteiger partial charge in [-0.25, -0.2) is 4.79 Å². The molecule has 0 spiro atoms. The van der Waals surface area contributed by atoms with Crippen molar-refractivity contribution in [1.29, 1.82) is 0 Å². The summed E-state index contributed by atoms with van der Waals surface area (Å²) in [5, 5.41) is 16.2. The van der Waals surface area contributed by atoms with Gasteiger partial charge in [0.1, 0.15) is 11.6 Å². The predicted molar refractivity (Wildman–Crippen MR) is 288 cm³/mol. The fourth-order valence-corrected chi connectivity index (χ4v) is 7.08. The van der Waals surface area contributed by atoms with Crippen molar-refractivity contribution < 1.29 is 57.2 Å². The number of carbonyl (C=O) groups is 7. The van der Waals surface area contributed by atoms with Crippen molar-refractivity contribution in [1.82, 2.24) is 46.1 Å². The third-order valence-corrected chi connectivity index (χ3v) is 11.3. The van der Waals surface area contributed by atoms with E-state index in [0.29, 0.717) is 107 Å². The predicted octanol–water partition coefficient (Wildman–Crippen LogP) is 2.75. The highest BCUT2D eigenvalue weighted by Crippen LogP contribution is 2.19. The monoisotopic (exact) mass is 1070 g/mol. The lowest BCUT2D eigenvalue weighted by Crippen LogP contribution is -2.52. The van der Waals surface area contributed by atoms with Crippen LogP contribution in [0.2, 0.25) is 0 Å². The van der Waals surface area contributed by atoms with Crippen molar-refractivity contribution in [3.05, 3.63) is 81.8 Å². The number of hydrogen-bond donors (Lipinski definition) is 8. The molecular weight excluding hydrogens is 999 g/mol. The largest absolute Gasteiger partial charge is 0.466 e. The molecule has 6 amide bonds. The number of anilines is 2. The molecule has 2 aromatic heterocycles. The van der Waals surface area contributed by atoms with Gasteiger partial charge >= 0.3 is 17.7 Å².